The SMILES string of the molecule is [2H]C[C@H]1OC[C@@H](C)[C@H](C)C1OP(C)OCCC#N.[3H]OC. The van der Waals surface area contributed by atoms with Crippen molar-refractivity contribution in [1.82, 2.24) is 0 Å². The van der Waals surface area contributed by atoms with Crippen molar-refractivity contribution in [3.63, 3.8) is 0 Å². The molecule has 1 heterocycles. The third-order valence-corrected chi connectivity index (χ3v) is 4.20. The monoisotopic (exact) mass is 294 g/mol. The van der Waals surface area contributed by atoms with E-state index in [1.807, 2.05) is 12.7 Å². The molecule has 0 aromatic heterocycles. The molecule has 2 unspecified atom stereocenters. The van der Waals surface area contributed by atoms with Gasteiger partial charge in [-0.25, -0.2) is 0 Å². The summed E-state index contributed by atoms with van der Waals surface area (Å²) in [6.45, 7) is 7.47. The van der Waals surface area contributed by atoms with Crippen LogP contribution in [0.5, 0.6) is 0 Å². The molecule has 1 rings (SSSR count). The summed E-state index contributed by atoms with van der Waals surface area (Å²) in [7, 11) is 0.284. The van der Waals surface area contributed by atoms with Gasteiger partial charge >= 0.3 is 0 Å². The van der Waals surface area contributed by atoms with E-state index in [2.05, 4.69) is 19.0 Å². The Balaban J connectivity index is 0.00000122. The summed E-state index contributed by atoms with van der Waals surface area (Å²) in [5.41, 5.74) is 0. The van der Waals surface area contributed by atoms with E-state index in [9.17, 15) is 0 Å². The third kappa shape index (κ3) is 6.65. The van der Waals surface area contributed by atoms with Crippen molar-refractivity contribution in [3.05, 3.63) is 0 Å². The summed E-state index contributed by atoms with van der Waals surface area (Å²) in [6.07, 6.45) is 0.135. The molecule has 5 nitrogen and oxygen atoms in total. The van der Waals surface area contributed by atoms with Crippen LogP contribution in [0.4, 0.5) is 0 Å². The van der Waals surface area contributed by atoms with Crippen LogP contribution in [0.25, 0.3) is 0 Å². The lowest BCUT2D eigenvalue weighted by Gasteiger charge is -2.39. The Labute approximate surface area is 120 Å². The van der Waals surface area contributed by atoms with Crippen LogP contribution in [-0.4, -0.2) is 45.7 Å². The predicted octanol–water partition coefficient (Wildman–Crippen LogP) is 2.54. The highest BCUT2D eigenvalue weighted by Gasteiger charge is 2.35. The first kappa shape index (κ1) is 15.2. The summed E-state index contributed by atoms with van der Waals surface area (Å²) >= 11 is 0. The Kier molecular flexibility index (Phi) is 8.40. The quantitative estimate of drug-likeness (QED) is 0.623. The summed E-state index contributed by atoms with van der Waals surface area (Å²) in [4.78, 5) is 0. The fourth-order valence-corrected chi connectivity index (χ4v) is 2.85. The predicted molar refractivity (Wildman–Crippen MR) is 75.8 cm³/mol. The van der Waals surface area contributed by atoms with Crippen LogP contribution in [0.15, 0.2) is 0 Å². The fraction of sp³-hybridized carbons (Fsp3) is 0.923. The van der Waals surface area contributed by atoms with E-state index < -0.39 is 8.38 Å². The summed E-state index contributed by atoms with van der Waals surface area (Å²) < 4.78 is 30.2. The smallest absolute Gasteiger partial charge is 0.210 e. The molecule has 1 aliphatic heterocycles. The molecule has 0 bridgehead atoms. The molecule has 1 saturated heterocycles. The standard InChI is InChI=1S/C12H22NO3P.CH4O/c1-9-8-14-11(3)12(10(9)2)16-17(4)15-7-5-6-13;1-2/h9-12H,5,7-8H2,1-4H3;2H,1H3/t9-,10+,11-,12?,17?;/m1./s1/i3D;2T. The van der Waals surface area contributed by atoms with E-state index in [1.54, 1.807) is 0 Å². The Bertz CT molecular complexity index is 304. The van der Waals surface area contributed by atoms with Crippen LogP contribution in [-0.2, 0) is 13.8 Å². The molecular weight excluding hydrogens is 265 g/mol. The number of hydrogen-bond donors (Lipinski definition) is 1. The van der Waals surface area contributed by atoms with Gasteiger partial charge in [0.2, 0.25) is 1.43 Å². The molecule has 1 aliphatic rings. The van der Waals surface area contributed by atoms with Crippen molar-refractivity contribution in [3.8, 4) is 6.07 Å². The second-order valence-electron chi connectivity index (χ2n) is 4.46. The van der Waals surface area contributed by atoms with Crippen LogP contribution < -0.4 is 0 Å². The molecule has 6 heteroatoms. The Morgan fingerprint density at radius 2 is 2.37 bits per heavy atom. The van der Waals surface area contributed by atoms with Gasteiger partial charge in [0.25, 0.3) is 0 Å². The van der Waals surface area contributed by atoms with Crippen molar-refractivity contribution in [1.29, 1.82) is 6.69 Å². The first-order chi connectivity index (χ1) is 10.0. The molecule has 0 saturated carbocycles. The lowest BCUT2D eigenvalue weighted by Crippen LogP contribution is -2.43. The molecule has 112 valence electrons. The van der Waals surface area contributed by atoms with Gasteiger partial charge in [-0.2, -0.15) is 5.26 Å². The first-order valence-electron chi connectivity index (χ1n) is 7.43. The first-order valence-corrected chi connectivity index (χ1v) is 7.94. The summed E-state index contributed by atoms with van der Waals surface area (Å²) in [5, 5.41) is 11.9. The van der Waals surface area contributed by atoms with Crippen LogP contribution in [0.3, 0.4) is 0 Å². The van der Waals surface area contributed by atoms with E-state index in [1.165, 1.54) is 7.11 Å². The summed E-state index contributed by atoms with van der Waals surface area (Å²) in [5.74, 6) is 0.791. The largest absolute Gasteiger partial charge is 0.400 e. The Morgan fingerprint density at radius 3 is 2.95 bits per heavy atom. The molecule has 0 spiro atoms. The van der Waals surface area contributed by atoms with Crippen molar-refractivity contribution < 1.29 is 20.3 Å². The van der Waals surface area contributed by atoms with Gasteiger partial charge < -0.3 is 18.9 Å². The van der Waals surface area contributed by atoms with E-state index in [4.69, 9.17) is 21.8 Å². The van der Waals surface area contributed by atoms with Gasteiger partial charge in [-0.1, -0.05) is 13.8 Å². The fourth-order valence-electron chi connectivity index (χ4n) is 1.77. The number of rotatable bonds is 5. The maximum atomic E-state index is 8.45. The van der Waals surface area contributed by atoms with Crippen molar-refractivity contribution in [2.24, 2.45) is 11.8 Å². The maximum Gasteiger partial charge on any atom is 0.210 e. The lowest BCUT2D eigenvalue weighted by molar-refractivity contribution is -0.106. The van der Waals surface area contributed by atoms with E-state index >= 15 is 0 Å². The number of ether oxygens (including phenoxy) is 1. The minimum atomic E-state index is -1.01. The van der Waals surface area contributed by atoms with Gasteiger partial charge in [-0.05, 0) is 18.7 Å². The lowest BCUT2D eigenvalue weighted by atomic mass is 9.86. The molecule has 1 N–H and O–H groups in total. The van der Waals surface area contributed by atoms with Crippen LogP contribution in [0.2, 0.25) is 0 Å². The third-order valence-electron chi connectivity index (χ3n) is 3.11. The Hall–Kier alpha value is -0.240. The van der Waals surface area contributed by atoms with Gasteiger partial charge in [0.15, 0.2) is 8.38 Å². The number of nitrogens with zero attached hydrogens (tertiary/aromatic N) is 1. The van der Waals surface area contributed by atoms with Crippen LogP contribution >= 0.6 is 8.38 Å². The van der Waals surface area contributed by atoms with E-state index in [0.29, 0.717) is 31.5 Å². The second-order valence-corrected chi connectivity index (χ2v) is 5.81. The molecule has 1 fully saturated rings. The Morgan fingerprint density at radius 1 is 1.68 bits per heavy atom. The molecule has 0 aromatic rings. The van der Waals surface area contributed by atoms with Gasteiger partial charge in [-0.15, -0.1) is 0 Å². The van der Waals surface area contributed by atoms with Crippen molar-refractivity contribution in [2.75, 3.05) is 27.0 Å². The minimum Gasteiger partial charge on any atom is -0.400 e. The second kappa shape index (κ2) is 10.5. The van der Waals surface area contributed by atoms with Crippen molar-refractivity contribution in [2.45, 2.75) is 39.4 Å². The average Bonchev–Trinajstić information content (AvgIpc) is 2.45. The maximum absolute atomic E-state index is 8.45. The number of nitriles is 1. The van der Waals surface area contributed by atoms with Gasteiger partial charge in [-0.3, -0.25) is 0 Å². The minimum absolute atomic E-state index is 0.0792. The normalized spacial score (nSPS) is 33.2. The molecule has 0 amide bonds. The van der Waals surface area contributed by atoms with Gasteiger partial charge in [0.1, 0.15) is 0 Å². The van der Waals surface area contributed by atoms with E-state index in [0.717, 1.165) is 0 Å². The zero-order valence-electron chi connectivity index (χ0n) is 14.2. The number of aliphatic hydroxyl groups is 1. The number of hydrogen-bond acceptors (Lipinski definition) is 5. The highest BCUT2D eigenvalue weighted by molar-refractivity contribution is 7.46. The van der Waals surface area contributed by atoms with Gasteiger partial charge in [0.05, 0.1) is 31.3 Å². The van der Waals surface area contributed by atoms with Crippen LogP contribution in [0.1, 0.15) is 28.5 Å². The van der Waals surface area contributed by atoms with Crippen molar-refractivity contribution >= 4 is 8.38 Å². The zero-order valence-corrected chi connectivity index (χ0v) is 13.1. The molecule has 0 aliphatic carbocycles. The van der Waals surface area contributed by atoms with E-state index in [-0.39, 0.29) is 19.1 Å². The summed E-state index contributed by atoms with van der Waals surface area (Å²) in [6, 6.07) is 2.04. The molecule has 19 heavy (non-hydrogen) atoms. The molecule has 0 radical (unpaired) electrons. The van der Waals surface area contributed by atoms with Crippen LogP contribution in [0, 0.1) is 23.2 Å². The number of aliphatic hydroxyl groups excluding tert-OH is 1. The molecule has 0 aromatic carbocycles. The zero-order chi connectivity index (χ0) is 16.3. The average molecular weight is 294 g/mol. The highest BCUT2D eigenvalue weighted by Crippen LogP contribution is 2.41. The molecule has 5 atom stereocenters. The van der Waals surface area contributed by atoms with Gasteiger partial charge in [0, 0.05) is 21.8 Å². The highest BCUT2D eigenvalue weighted by atomic mass is 31.2. The molecular formula is C13H26NO4P. The topological polar surface area (TPSA) is 71.7 Å².